The third-order valence-corrected chi connectivity index (χ3v) is 9.31. The Balaban J connectivity index is 0.000000548. The maximum Gasteiger partial charge on any atom is 0.145 e. The Labute approximate surface area is 301 Å². The Kier molecular flexibility index (Phi) is 7.95. The molecule has 7 aromatic carbocycles. The molecule has 0 aliphatic rings. The summed E-state index contributed by atoms with van der Waals surface area (Å²) >= 11 is 0. The lowest BCUT2D eigenvalue weighted by molar-refractivity contribution is 0.959. The molecular weight excluding hydrogens is 637 g/mol. The monoisotopic (exact) mass is 670 g/mol. The summed E-state index contributed by atoms with van der Waals surface area (Å²) in [7, 11) is 2.08. The maximum atomic E-state index is 5.23. The van der Waals surface area contributed by atoms with Gasteiger partial charge in [-0.25, -0.2) is 15.0 Å². The van der Waals surface area contributed by atoms with Crippen LogP contribution in [-0.2, 0) is 7.05 Å². The van der Waals surface area contributed by atoms with Gasteiger partial charge in [-0.05, 0) is 78.9 Å². The number of fused-ring (bicyclic) bond motifs is 3. The second-order valence-corrected chi connectivity index (χ2v) is 12.6. The van der Waals surface area contributed by atoms with E-state index in [9.17, 15) is 0 Å². The average Bonchev–Trinajstić information content (AvgIpc) is 3.91. The molecule has 52 heavy (non-hydrogen) atoms. The van der Waals surface area contributed by atoms with Crippen LogP contribution in [-0.4, -0.2) is 28.7 Å². The largest absolute Gasteiger partial charge is 0.327 e. The van der Waals surface area contributed by atoms with Gasteiger partial charge < -0.3 is 4.57 Å². The van der Waals surface area contributed by atoms with Gasteiger partial charge in [0.25, 0.3) is 0 Å². The molecule has 0 saturated heterocycles. The first kappa shape index (κ1) is 31.0. The van der Waals surface area contributed by atoms with E-state index in [4.69, 9.17) is 15.0 Å². The Hall–Kier alpha value is -7.05. The molecule has 6 heteroatoms. The topological polar surface area (TPSA) is 53.5 Å². The predicted molar refractivity (Wildman–Crippen MR) is 213 cm³/mol. The molecule has 0 fully saturated rings. The minimum absolute atomic E-state index is 0.858. The van der Waals surface area contributed by atoms with Crippen molar-refractivity contribution in [2.24, 2.45) is 7.05 Å². The van der Waals surface area contributed by atoms with Crippen molar-refractivity contribution in [2.45, 2.75) is 0 Å². The highest BCUT2D eigenvalue weighted by Gasteiger charge is 2.21. The van der Waals surface area contributed by atoms with Gasteiger partial charge in [-0.3, -0.25) is 9.13 Å². The molecule has 0 atom stereocenters. The highest BCUT2D eigenvalue weighted by molar-refractivity contribution is 5.89. The number of imidazole rings is 3. The van der Waals surface area contributed by atoms with Crippen molar-refractivity contribution in [1.29, 1.82) is 0 Å². The molecule has 0 saturated carbocycles. The van der Waals surface area contributed by atoms with Gasteiger partial charge in [0.1, 0.15) is 17.5 Å². The fraction of sp³-hybridized carbons (Fsp3) is 0.0217. The van der Waals surface area contributed by atoms with Crippen molar-refractivity contribution in [1.82, 2.24) is 28.7 Å². The molecule has 3 heterocycles. The van der Waals surface area contributed by atoms with Crippen LogP contribution in [0.2, 0.25) is 0 Å². The van der Waals surface area contributed by atoms with Crippen LogP contribution in [0.15, 0.2) is 188 Å². The number of aromatic nitrogens is 6. The van der Waals surface area contributed by atoms with Crippen LogP contribution in [0.25, 0.3) is 78.6 Å². The Morgan fingerprint density at radius 3 is 1.06 bits per heavy atom. The highest BCUT2D eigenvalue weighted by Crippen LogP contribution is 2.37. The van der Waals surface area contributed by atoms with E-state index in [1.165, 1.54) is 0 Å². The van der Waals surface area contributed by atoms with Gasteiger partial charge in [0.2, 0.25) is 0 Å². The van der Waals surface area contributed by atoms with Gasteiger partial charge in [0.15, 0.2) is 0 Å². The molecule has 0 radical (unpaired) electrons. The van der Waals surface area contributed by atoms with Gasteiger partial charge in [-0.15, -0.1) is 0 Å². The van der Waals surface area contributed by atoms with E-state index >= 15 is 0 Å². The molecule has 0 N–H and O–H groups in total. The zero-order valence-electron chi connectivity index (χ0n) is 28.6. The van der Waals surface area contributed by atoms with E-state index in [-0.39, 0.29) is 0 Å². The first-order chi connectivity index (χ1) is 25.7. The number of para-hydroxylation sites is 8. The second kappa shape index (κ2) is 13.3. The maximum absolute atomic E-state index is 5.23. The molecule has 0 amide bonds. The lowest BCUT2D eigenvalue weighted by atomic mass is 10.0. The minimum Gasteiger partial charge on any atom is -0.327 e. The van der Waals surface area contributed by atoms with Gasteiger partial charge in [-0.2, -0.15) is 0 Å². The molecule has 10 aromatic rings. The van der Waals surface area contributed by atoms with E-state index < -0.39 is 0 Å². The Bertz CT molecular complexity index is 2630. The van der Waals surface area contributed by atoms with Crippen molar-refractivity contribution < 1.29 is 0 Å². The summed E-state index contributed by atoms with van der Waals surface area (Å²) < 4.78 is 6.65. The fourth-order valence-electron chi connectivity index (χ4n) is 6.92. The van der Waals surface area contributed by atoms with Crippen LogP contribution in [0.4, 0.5) is 0 Å². The summed E-state index contributed by atoms with van der Waals surface area (Å²) in [5.41, 5.74) is 11.1. The van der Waals surface area contributed by atoms with Crippen molar-refractivity contribution in [3.05, 3.63) is 188 Å². The molecule has 0 aliphatic heterocycles. The lowest BCUT2D eigenvalue weighted by Gasteiger charge is -2.14. The first-order valence-electron chi connectivity index (χ1n) is 17.4. The van der Waals surface area contributed by atoms with Gasteiger partial charge in [0, 0.05) is 35.1 Å². The van der Waals surface area contributed by atoms with Crippen LogP contribution >= 0.6 is 0 Å². The highest BCUT2D eigenvalue weighted by atomic mass is 15.1. The van der Waals surface area contributed by atoms with Crippen LogP contribution < -0.4 is 0 Å². The summed E-state index contributed by atoms with van der Waals surface area (Å²) in [6.45, 7) is 0. The fourth-order valence-corrected chi connectivity index (χ4v) is 6.92. The van der Waals surface area contributed by atoms with Crippen LogP contribution in [0.5, 0.6) is 0 Å². The zero-order chi connectivity index (χ0) is 34.9. The minimum atomic E-state index is 0.858. The number of rotatable bonds is 5. The molecule has 0 unspecified atom stereocenters. The summed E-state index contributed by atoms with van der Waals surface area (Å²) in [6, 6.07) is 64.4. The Morgan fingerprint density at radius 2 is 0.635 bits per heavy atom. The van der Waals surface area contributed by atoms with Gasteiger partial charge in [0.05, 0.1) is 33.1 Å². The molecule has 248 valence electrons. The van der Waals surface area contributed by atoms with E-state index in [1.54, 1.807) is 0 Å². The smallest absolute Gasteiger partial charge is 0.145 e. The number of benzene rings is 7. The molecule has 10 rings (SSSR count). The second-order valence-electron chi connectivity index (χ2n) is 12.6. The summed E-state index contributed by atoms with van der Waals surface area (Å²) in [4.78, 5) is 15.6. The molecule has 3 aromatic heterocycles. The van der Waals surface area contributed by atoms with Crippen LogP contribution in [0, 0.1) is 0 Å². The van der Waals surface area contributed by atoms with Gasteiger partial charge >= 0.3 is 0 Å². The normalized spacial score (nSPS) is 11.2. The quantitative estimate of drug-likeness (QED) is 0.183. The summed E-state index contributed by atoms with van der Waals surface area (Å²) in [6.07, 6.45) is 0. The first-order valence-corrected chi connectivity index (χ1v) is 17.4. The molecule has 0 bridgehead atoms. The molecule has 6 nitrogen and oxygen atoms in total. The molecular formula is C46H34N6. The number of hydrogen-bond acceptors (Lipinski definition) is 3. The van der Waals surface area contributed by atoms with Crippen LogP contribution in [0.1, 0.15) is 0 Å². The average molecular weight is 671 g/mol. The molecule has 0 aliphatic carbocycles. The third-order valence-electron chi connectivity index (χ3n) is 9.31. The number of hydrogen-bond donors (Lipinski definition) is 0. The third kappa shape index (κ3) is 5.62. The summed E-state index contributed by atoms with van der Waals surface area (Å²) in [5.74, 6) is 2.60. The number of nitrogens with zero attached hydrogens (tertiary/aromatic N) is 6. The van der Waals surface area contributed by atoms with Crippen molar-refractivity contribution in [3.63, 3.8) is 0 Å². The van der Waals surface area contributed by atoms with Crippen molar-refractivity contribution in [3.8, 4) is 45.5 Å². The van der Waals surface area contributed by atoms with Crippen molar-refractivity contribution in [2.75, 3.05) is 0 Å². The van der Waals surface area contributed by atoms with E-state index in [0.29, 0.717) is 0 Å². The molecule has 0 spiro atoms. The van der Waals surface area contributed by atoms with E-state index in [1.807, 2.05) is 66.7 Å². The van der Waals surface area contributed by atoms with Gasteiger partial charge in [-0.1, -0.05) is 109 Å². The SMILES string of the molecule is Cn1c(-c2cc(-c3nc4ccccc4n3-c3ccccc3)cc(-c3nc4ccccc4n3-c3ccccc3)c2)nc2ccccc21.c1ccccc1. The van der Waals surface area contributed by atoms with E-state index in [0.717, 1.165) is 78.6 Å². The summed E-state index contributed by atoms with van der Waals surface area (Å²) in [5, 5.41) is 0. The predicted octanol–water partition coefficient (Wildman–Crippen LogP) is 10.9. The van der Waals surface area contributed by atoms with Crippen LogP contribution in [0.3, 0.4) is 0 Å². The van der Waals surface area contributed by atoms with E-state index in [2.05, 4.69) is 142 Å². The van der Waals surface area contributed by atoms with Crippen molar-refractivity contribution >= 4 is 33.1 Å². The number of aryl methyl sites for hydroxylation is 1. The standard InChI is InChI=1S/C40H28N6.C6H6/c1-44-35-21-11-8-18-32(35)41-38(44)27-24-28(39-42-33-19-9-12-22-36(33)45(39)30-14-4-2-5-15-30)26-29(25-27)40-43-34-20-10-13-23-37(34)46(40)31-16-6-3-7-17-31;1-2-4-6-5-3-1/h2-26H,1H3;1-6H. The zero-order valence-corrected chi connectivity index (χ0v) is 28.6. The Morgan fingerprint density at radius 1 is 0.327 bits per heavy atom. The lowest BCUT2D eigenvalue weighted by Crippen LogP contribution is -2.01.